The first-order valence-electron chi connectivity index (χ1n) is 8.60. The number of hydrogen-bond donors (Lipinski definition) is 3. The van der Waals surface area contributed by atoms with Gasteiger partial charge in [0, 0.05) is 18.7 Å². The minimum absolute atomic E-state index is 0.110. The average Bonchev–Trinajstić information content (AvgIpc) is 3.14. The molecule has 0 bridgehead atoms. The van der Waals surface area contributed by atoms with Crippen molar-refractivity contribution in [2.45, 2.75) is 18.9 Å². The number of fused-ring (bicyclic) bond motifs is 1. The third-order valence-corrected chi connectivity index (χ3v) is 4.11. The first-order chi connectivity index (χ1) is 13.7. The van der Waals surface area contributed by atoms with Gasteiger partial charge in [0.1, 0.15) is 11.5 Å². The highest BCUT2D eigenvalue weighted by atomic mass is 19.4. The van der Waals surface area contributed by atoms with Gasteiger partial charge in [0.05, 0.1) is 12.7 Å². The van der Waals surface area contributed by atoms with Gasteiger partial charge in [-0.05, 0) is 47.5 Å². The number of halogens is 3. The Hall–Kier alpha value is -3.27. The minimum Gasteiger partial charge on any atom is -0.493 e. The molecule has 1 aliphatic rings. The summed E-state index contributed by atoms with van der Waals surface area (Å²) >= 11 is 0. The van der Waals surface area contributed by atoms with Crippen molar-refractivity contribution in [2.75, 3.05) is 18.5 Å². The Morgan fingerprint density at radius 3 is 2.55 bits per heavy atom. The third-order valence-electron chi connectivity index (χ3n) is 4.11. The van der Waals surface area contributed by atoms with E-state index in [4.69, 9.17) is 4.74 Å². The van der Waals surface area contributed by atoms with E-state index in [1.807, 2.05) is 0 Å². The number of amides is 2. The van der Waals surface area contributed by atoms with Crippen LogP contribution in [0.4, 0.5) is 18.9 Å². The van der Waals surface area contributed by atoms with Gasteiger partial charge in [-0.15, -0.1) is 13.2 Å². The molecule has 29 heavy (non-hydrogen) atoms. The molecule has 0 saturated heterocycles. The summed E-state index contributed by atoms with van der Waals surface area (Å²) < 4.78 is 45.5. The lowest BCUT2D eigenvalue weighted by atomic mass is 10.0. The van der Waals surface area contributed by atoms with Crippen LogP contribution in [0.15, 0.2) is 42.5 Å². The van der Waals surface area contributed by atoms with Gasteiger partial charge in [-0.25, -0.2) is 0 Å². The predicted molar refractivity (Wildman–Crippen MR) is 95.4 cm³/mol. The van der Waals surface area contributed by atoms with E-state index in [1.165, 1.54) is 0 Å². The van der Waals surface area contributed by atoms with Crippen molar-refractivity contribution in [3.05, 3.63) is 53.6 Å². The molecule has 1 atom stereocenters. The lowest BCUT2D eigenvalue weighted by Gasteiger charge is -2.13. The number of nitrogens with one attached hydrogen (secondary N) is 2. The van der Waals surface area contributed by atoms with Crippen molar-refractivity contribution in [3.8, 4) is 11.5 Å². The second-order valence-electron chi connectivity index (χ2n) is 6.22. The van der Waals surface area contributed by atoms with E-state index in [-0.39, 0.29) is 12.2 Å². The summed E-state index contributed by atoms with van der Waals surface area (Å²) in [6.07, 6.45) is -5.11. The van der Waals surface area contributed by atoms with Gasteiger partial charge in [0.25, 0.3) is 0 Å². The largest absolute Gasteiger partial charge is 0.573 e. The molecule has 10 heteroatoms. The maximum absolute atomic E-state index is 12.1. The monoisotopic (exact) mass is 410 g/mol. The first-order valence-corrected chi connectivity index (χ1v) is 8.60. The highest BCUT2D eigenvalue weighted by Gasteiger charge is 2.31. The fourth-order valence-electron chi connectivity index (χ4n) is 2.73. The molecule has 0 saturated carbocycles. The van der Waals surface area contributed by atoms with Crippen LogP contribution in [0.3, 0.4) is 0 Å². The van der Waals surface area contributed by atoms with E-state index >= 15 is 0 Å². The third kappa shape index (κ3) is 5.61. The Labute approximate surface area is 163 Å². The van der Waals surface area contributed by atoms with Crippen molar-refractivity contribution in [1.82, 2.24) is 5.32 Å². The second-order valence-corrected chi connectivity index (χ2v) is 6.22. The smallest absolute Gasteiger partial charge is 0.493 e. The first kappa shape index (κ1) is 20.5. The molecule has 2 amide bonds. The quantitative estimate of drug-likeness (QED) is 0.658. The fourth-order valence-corrected chi connectivity index (χ4v) is 2.73. The van der Waals surface area contributed by atoms with Gasteiger partial charge in [0.2, 0.25) is 0 Å². The molecule has 1 aliphatic heterocycles. The van der Waals surface area contributed by atoms with E-state index in [1.54, 1.807) is 18.2 Å². The van der Waals surface area contributed by atoms with Crippen molar-refractivity contribution in [2.24, 2.45) is 0 Å². The van der Waals surface area contributed by atoms with Crippen LogP contribution >= 0.6 is 0 Å². The minimum atomic E-state index is -4.82. The van der Waals surface area contributed by atoms with Crippen LogP contribution in [0, 0.1) is 0 Å². The summed E-state index contributed by atoms with van der Waals surface area (Å²) in [7, 11) is 0. The summed E-state index contributed by atoms with van der Waals surface area (Å²) in [4.78, 5) is 23.8. The Kier molecular flexibility index (Phi) is 5.92. The van der Waals surface area contributed by atoms with Crippen LogP contribution in [0.1, 0.15) is 17.2 Å². The van der Waals surface area contributed by atoms with Gasteiger partial charge in [0.15, 0.2) is 0 Å². The molecule has 2 aromatic carbocycles. The van der Waals surface area contributed by atoms with Gasteiger partial charge in [-0.2, -0.15) is 0 Å². The summed E-state index contributed by atoms with van der Waals surface area (Å²) in [5.41, 5.74) is 1.65. The average molecular weight is 410 g/mol. The van der Waals surface area contributed by atoms with Gasteiger partial charge in [-0.3, -0.25) is 9.59 Å². The van der Waals surface area contributed by atoms with E-state index in [0.717, 1.165) is 42.0 Å². The van der Waals surface area contributed by atoms with Crippen molar-refractivity contribution in [1.29, 1.82) is 0 Å². The van der Waals surface area contributed by atoms with Crippen molar-refractivity contribution >= 4 is 17.5 Å². The van der Waals surface area contributed by atoms with Crippen LogP contribution in [-0.2, 0) is 16.0 Å². The standard InChI is InChI=1S/C19H17F3N2O5/c20-19(21,22)29-14-4-2-13(3-5-14)24-18(27)17(26)23-10-15(25)11-1-6-16-12(9-11)7-8-28-16/h1-6,9,15,25H,7-8,10H2,(H,23,26)(H,24,27)/t15-/m0/s1. The number of alkyl halides is 3. The number of benzene rings is 2. The molecule has 1 heterocycles. The van der Waals surface area contributed by atoms with Gasteiger partial charge < -0.3 is 25.2 Å². The molecule has 7 nitrogen and oxygen atoms in total. The molecule has 2 aromatic rings. The Bertz CT molecular complexity index is 900. The number of anilines is 1. The fraction of sp³-hybridized carbons (Fsp3) is 0.263. The molecular formula is C19H17F3N2O5. The van der Waals surface area contributed by atoms with E-state index in [2.05, 4.69) is 15.4 Å². The lowest BCUT2D eigenvalue weighted by Crippen LogP contribution is -2.37. The topological polar surface area (TPSA) is 96.9 Å². The van der Waals surface area contributed by atoms with Crippen LogP contribution in [0.5, 0.6) is 11.5 Å². The van der Waals surface area contributed by atoms with Crippen LogP contribution < -0.4 is 20.1 Å². The number of hydrogen-bond acceptors (Lipinski definition) is 5. The number of carbonyl (C=O) groups excluding carboxylic acids is 2. The maximum atomic E-state index is 12.1. The number of aliphatic hydroxyl groups is 1. The molecule has 0 aliphatic carbocycles. The lowest BCUT2D eigenvalue weighted by molar-refractivity contribution is -0.274. The van der Waals surface area contributed by atoms with Crippen molar-refractivity contribution in [3.63, 3.8) is 0 Å². The second kappa shape index (κ2) is 8.39. The molecule has 0 fully saturated rings. The Balaban J connectivity index is 1.49. The molecule has 3 rings (SSSR count). The van der Waals surface area contributed by atoms with Crippen LogP contribution in [0.25, 0.3) is 0 Å². The Morgan fingerprint density at radius 1 is 1.14 bits per heavy atom. The summed E-state index contributed by atoms with van der Waals surface area (Å²) in [5, 5.41) is 14.8. The zero-order chi connectivity index (χ0) is 21.0. The summed E-state index contributed by atoms with van der Waals surface area (Å²) in [5.74, 6) is -1.72. The number of rotatable bonds is 5. The molecular weight excluding hydrogens is 393 g/mol. The summed E-state index contributed by atoms with van der Waals surface area (Å²) in [6, 6.07) is 9.52. The van der Waals surface area contributed by atoms with Crippen molar-refractivity contribution < 1.29 is 37.3 Å². The maximum Gasteiger partial charge on any atom is 0.573 e. The van der Waals surface area contributed by atoms with Gasteiger partial charge in [-0.1, -0.05) is 6.07 Å². The van der Waals surface area contributed by atoms with E-state index in [0.29, 0.717) is 12.2 Å². The number of ether oxygens (including phenoxy) is 2. The predicted octanol–water partition coefficient (Wildman–Crippen LogP) is 2.31. The highest BCUT2D eigenvalue weighted by Crippen LogP contribution is 2.28. The zero-order valence-electron chi connectivity index (χ0n) is 15.0. The molecule has 0 radical (unpaired) electrons. The normalized spacial score (nSPS) is 13.8. The Morgan fingerprint density at radius 2 is 1.86 bits per heavy atom. The highest BCUT2D eigenvalue weighted by molar-refractivity contribution is 6.39. The number of carbonyl (C=O) groups is 2. The molecule has 0 spiro atoms. The molecule has 3 N–H and O–H groups in total. The van der Waals surface area contributed by atoms with Gasteiger partial charge >= 0.3 is 18.2 Å². The van der Waals surface area contributed by atoms with Crippen LogP contribution in [-0.4, -0.2) is 36.4 Å². The van der Waals surface area contributed by atoms with Crippen LogP contribution in [0.2, 0.25) is 0 Å². The zero-order valence-corrected chi connectivity index (χ0v) is 15.0. The van der Waals surface area contributed by atoms with E-state index < -0.39 is 30.0 Å². The van der Waals surface area contributed by atoms with E-state index in [9.17, 15) is 27.9 Å². The summed E-state index contributed by atoms with van der Waals surface area (Å²) in [6.45, 7) is 0.388. The molecule has 0 aromatic heterocycles. The number of aliphatic hydroxyl groups excluding tert-OH is 1. The molecule has 0 unspecified atom stereocenters. The SMILES string of the molecule is O=C(NC[C@H](O)c1ccc2c(c1)CCO2)C(=O)Nc1ccc(OC(F)(F)F)cc1. The molecule has 154 valence electrons.